The lowest BCUT2D eigenvalue weighted by Crippen LogP contribution is -2.24. The summed E-state index contributed by atoms with van der Waals surface area (Å²) in [6, 6.07) is 12.7. The highest BCUT2D eigenvalue weighted by atomic mass is 32.1. The molecule has 2 N–H and O–H groups in total. The van der Waals surface area contributed by atoms with E-state index >= 15 is 0 Å². The number of carbonyl (C=O) groups is 3. The maximum Gasteiger partial charge on any atom is 0.257 e. The Morgan fingerprint density at radius 2 is 1.82 bits per heavy atom. The summed E-state index contributed by atoms with van der Waals surface area (Å²) in [6.07, 6.45) is 0.747. The van der Waals surface area contributed by atoms with Gasteiger partial charge in [-0.25, -0.2) is 0 Å². The van der Waals surface area contributed by atoms with Crippen LogP contribution in [-0.2, 0) is 9.59 Å². The summed E-state index contributed by atoms with van der Waals surface area (Å²) < 4.78 is 0. The van der Waals surface area contributed by atoms with Gasteiger partial charge in [0.25, 0.3) is 5.91 Å². The zero-order valence-electron chi connectivity index (χ0n) is 18.7. The number of amides is 3. The van der Waals surface area contributed by atoms with Crippen LogP contribution in [0.1, 0.15) is 52.2 Å². The van der Waals surface area contributed by atoms with Gasteiger partial charge in [-0.1, -0.05) is 24.3 Å². The van der Waals surface area contributed by atoms with Crippen molar-refractivity contribution in [3.63, 3.8) is 0 Å². The van der Waals surface area contributed by atoms with E-state index in [-0.39, 0.29) is 23.6 Å². The standard InChI is InChI=1S/C24H25N5O3S/c1-4-20(30)25-18-8-6-16(7-9-18)22(32)26-24-28-27-23(33-24)17-12-21(31)29(13-17)19-10-5-14(2)15(3)11-19/h5-11,17H,4,12-13H2,1-3H3,(H,25,30)(H,26,28,32)/t17-/m1/s1. The largest absolute Gasteiger partial charge is 0.326 e. The third kappa shape index (κ3) is 5.09. The van der Waals surface area contributed by atoms with Crippen LogP contribution in [0.4, 0.5) is 16.5 Å². The minimum atomic E-state index is -0.315. The van der Waals surface area contributed by atoms with E-state index in [0.29, 0.717) is 35.8 Å². The molecule has 3 aromatic rings. The van der Waals surface area contributed by atoms with E-state index in [2.05, 4.69) is 20.8 Å². The van der Waals surface area contributed by atoms with E-state index in [9.17, 15) is 14.4 Å². The average Bonchev–Trinajstić information content (AvgIpc) is 3.42. The van der Waals surface area contributed by atoms with Gasteiger partial charge in [0.05, 0.1) is 0 Å². The molecular formula is C24H25N5O3S. The van der Waals surface area contributed by atoms with Crippen LogP contribution in [0.3, 0.4) is 0 Å². The highest BCUT2D eigenvalue weighted by Crippen LogP contribution is 2.34. The third-order valence-corrected chi connectivity index (χ3v) is 6.69. The lowest BCUT2D eigenvalue weighted by Gasteiger charge is -2.17. The molecule has 0 spiro atoms. The SMILES string of the molecule is CCC(=O)Nc1ccc(C(=O)Nc2nnc([C@@H]3CC(=O)N(c4ccc(C)c(C)c4)C3)s2)cc1. The first kappa shape index (κ1) is 22.6. The lowest BCUT2D eigenvalue weighted by atomic mass is 10.1. The molecule has 9 heteroatoms. The molecule has 0 bridgehead atoms. The topological polar surface area (TPSA) is 104 Å². The zero-order chi connectivity index (χ0) is 23.5. The Balaban J connectivity index is 1.39. The smallest absolute Gasteiger partial charge is 0.257 e. The van der Waals surface area contributed by atoms with Crippen LogP contribution < -0.4 is 15.5 Å². The Hall–Kier alpha value is -3.59. The van der Waals surface area contributed by atoms with Gasteiger partial charge in [-0.3, -0.25) is 19.7 Å². The second-order valence-corrected chi connectivity index (χ2v) is 9.06. The number of hydrogen-bond acceptors (Lipinski definition) is 6. The Bertz CT molecular complexity index is 1210. The van der Waals surface area contributed by atoms with Crippen LogP contribution in [0.15, 0.2) is 42.5 Å². The number of nitrogens with one attached hydrogen (secondary N) is 2. The van der Waals surface area contributed by atoms with E-state index in [0.717, 1.165) is 16.3 Å². The van der Waals surface area contributed by atoms with Gasteiger partial charge in [-0.2, -0.15) is 0 Å². The van der Waals surface area contributed by atoms with Gasteiger partial charge in [-0.15, -0.1) is 10.2 Å². The fourth-order valence-electron chi connectivity index (χ4n) is 3.59. The minimum Gasteiger partial charge on any atom is -0.326 e. The molecular weight excluding hydrogens is 438 g/mol. The summed E-state index contributed by atoms with van der Waals surface area (Å²) in [5, 5.41) is 14.9. The van der Waals surface area contributed by atoms with Crippen molar-refractivity contribution in [2.75, 3.05) is 22.1 Å². The lowest BCUT2D eigenvalue weighted by molar-refractivity contribution is -0.117. The number of anilines is 3. The fourth-order valence-corrected chi connectivity index (χ4v) is 4.42. The molecule has 1 fully saturated rings. The van der Waals surface area contributed by atoms with Gasteiger partial charge in [0.2, 0.25) is 16.9 Å². The summed E-state index contributed by atoms with van der Waals surface area (Å²) in [5.41, 5.74) is 4.30. The van der Waals surface area contributed by atoms with Crippen molar-refractivity contribution in [2.24, 2.45) is 0 Å². The quantitative estimate of drug-likeness (QED) is 0.568. The molecule has 3 amide bonds. The molecule has 1 aliphatic rings. The van der Waals surface area contributed by atoms with Crippen molar-refractivity contribution in [2.45, 2.75) is 39.5 Å². The van der Waals surface area contributed by atoms with Gasteiger partial charge in [0.15, 0.2) is 0 Å². The number of carbonyl (C=O) groups excluding carboxylic acids is 3. The molecule has 4 rings (SSSR count). The maximum atomic E-state index is 12.6. The molecule has 0 unspecified atom stereocenters. The van der Waals surface area contributed by atoms with Crippen LogP contribution in [-0.4, -0.2) is 34.5 Å². The highest BCUT2D eigenvalue weighted by molar-refractivity contribution is 7.15. The maximum absolute atomic E-state index is 12.6. The van der Waals surface area contributed by atoms with Crippen molar-refractivity contribution >= 4 is 45.6 Å². The van der Waals surface area contributed by atoms with Crippen LogP contribution in [0.25, 0.3) is 0 Å². The molecule has 8 nitrogen and oxygen atoms in total. The number of aryl methyl sites for hydroxylation is 2. The van der Waals surface area contributed by atoms with Crippen LogP contribution >= 0.6 is 11.3 Å². The molecule has 33 heavy (non-hydrogen) atoms. The van der Waals surface area contributed by atoms with Crippen molar-refractivity contribution in [1.29, 1.82) is 0 Å². The molecule has 1 aliphatic heterocycles. The minimum absolute atomic E-state index is 0.0549. The van der Waals surface area contributed by atoms with Gasteiger partial charge < -0.3 is 10.2 Å². The third-order valence-electron chi connectivity index (χ3n) is 5.69. The van der Waals surface area contributed by atoms with Crippen LogP contribution in [0, 0.1) is 13.8 Å². The summed E-state index contributed by atoms with van der Waals surface area (Å²) in [5.74, 6) is -0.414. The molecule has 0 radical (unpaired) electrons. The summed E-state index contributed by atoms with van der Waals surface area (Å²) in [7, 11) is 0. The van der Waals surface area contributed by atoms with Crippen LogP contribution in [0.5, 0.6) is 0 Å². The second kappa shape index (κ2) is 9.50. The Morgan fingerprint density at radius 1 is 1.06 bits per heavy atom. The second-order valence-electron chi connectivity index (χ2n) is 8.05. The first-order chi connectivity index (χ1) is 15.8. The molecule has 1 saturated heterocycles. The monoisotopic (exact) mass is 463 g/mol. The molecule has 2 aromatic carbocycles. The number of rotatable bonds is 6. The Kier molecular flexibility index (Phi) is 6.50. The van der Waals surface area contributed by atoms with Gasteiger partial charge in [0.1, 0.15) is 5.01 Å². The zero-order valence-corrected chi connectivity index (χ0v) is 19.5. The normalized spacial score (nSPS) is 15.5. The summed E-state index contributed by atoms with van der Waals surface area (Å²) in [4.78, 5) is 38.4. The van der Waals surface area contributed by atoms with Gasteiger partial charge in [-0.05, 0) is 61.4 Å². The molecule has 0 saturated carbocycles. The first-order valence-electron chi connectivity index (χ1n) is 10.8. The fraction of sp³-hybridized carbons (Fsp3) is 0.292. The summed E-state index contributed by atoms with van der Waals surface area (Å²) in [6.45, 7) is 6.39. The predicted molar refractivity (Wildman–Crippen MR) is 129 cm³/mol. The first-order valence-corrected chi connectivity index (χ1v) is 11.6. The van der Waals surface area contributed by atoms with Crippen molar-refractivity contribution in [3.8, 4) is 0 Å². The van der Waals surface area contributed by atoms with Gasteiger partial charge >= 0.3 is 0 Å². The molecule has 0 aliphatic carbocycles. The summed E-state index contributed by atoms with van der Waals surface area (Å²) >= 11 is 1.28. The van der Waals surface area contributed by atoms with Crippen molar-refractivity contribution in [1.82, 2.24) is 10.2 Å². The number of benzene rings is 2. The van der Waals surface area contributed by atoms with E-state index in [1.807, 2.05) is 32.0 Å². The molecule has 2 heterocycles. The molecule has 1 aromatic heterocycles. The average molecular weight is 464 g/mol. The number of aromatic nitrogens is 2. The van der Waals surface area contributed by atoms with Gasteiger partial charge in [0, 0.05) is 42.2 Å². The Morgan fingerprint density at radius 3 is 2.52 bits per heavy atom. The van der Waals surface area contributed by atoms with Crippen molar-refractivity contribution < 1.29 is 14.4 Å². The molecule has 1 atom stereocenters. The number of nitrogens with zero attached hydrogens (tertiary/aromatic N) is 3. The molecule has 170 valence electrons. The van der Waals surface area contributed by atoms with E-state index < -0.39 is 0 Å². The van der Waals surface area contributed by atoms with Crippen LogP contribution in [0.2, 0.25) is 0 Å². The number of hydrogen-bond donors (Lipinski definition) is 2. The van der Waals surface area contributed by atoms with E-state index in [4.69, 9.17) is 0 Å². The van der Waals surface area contributed by atoms with Crippen molar-refractivity contribution in [3.05, 3.63) is 64.2 Å². The predicted octanol–water partition coefficient (Wildman–Crippen LogP) is 4.28. The van der Waals surface area contributed by atoms with E-state index in [1.54, 1.807) is 36.1 Å². The van der Waals surface area contributed by atoms with E-state index in [1.165, 1.54) is 16.9 Å². The Labute approximate surface area is 196 Å². The highest BCUT2D eigenvalue weighted by Gasteiger charge is 2.34.